The summed E-state index contributed by atoms with van der Waals surface area (Å²) < 4.78 is 33.1. The Kier molecular flexibility index (Phi) is 3.88. The fourth-order valence-corrected chi connectivity index (χ4v) is 5.13. The molecule has 4 aromatic heterocycles. The molecule has 28 heavy (non-hydrogen) atoms. The highest BCUT2D eigenvalue weighted by Crippen LogP contribution is 2.34. The van der Waals surface area contributed by atoms with Crippen LogP contribution in [0.4, 0.5) is 0 Å². The van der Waals surface area contributed by atoms with Crippen LogP contribution in [0.15, 0.2) is 88.1 Å². The molecular weight excluding hydrogens is 394 g/mol. The van der Waals surface area contributed by atoms with Crippen molar-refractivity contribution in [2.75, 3.05) is 0 Å². The van der Waals surface area contributed by atoms with Gasteiger partial charge in [0.1, 0.15) is 6.26 Å². The van der Waals surface area contributed by atoms with Crippen LogP contribution in [-0.4, -0.2) is 22.4 Å². The van der Waals surface area contributed by atoms with Crippen LogP contribution in [0.5, 0.6) is 0 Å². The third-order valence-corrected chi connectivity index (χ3v) is 6.96. The van der Waals surface area contributed by atoms with E-state index in [0.29, 0.717) is 22.5 Å². The van der Waals surface area contributed by atoms with Crippen molar-refractivity contribution in [2.45, 2.75) is 4.90 Å². The third-order valence-electron chi connectivity index (χ3n) is 4.38. The van der Waals surface area contributed by atoms with Gasteiger partial charge in [-0.15, -0.1) is 11.3 Å². The summed E-state index contributed by atoms with van der Waals surface area (Å²) in [6, 6.07) is 14.2. The van der Waals surface area contributed by atoms with E-state index < -0.39 is 10.0 Å². The van der Waals surface area contributed by atoms with Crippen LogP contribution >= 0.6 is 11.3 Å². The van der Waals surface area contributed by atoms with Crippen LogP contribution < -0.4 is 0 Å². The second kappa shape index (κ2) is 6.43. The molecule has 0 aliphatic heterocycles. The van der Waals surface area contributed by atoms with Gasteiger partial charge in [0.25, 0.3) is 10.0 Å². The Morgan fingerprint density at radius 3 is 2.61 bits per heavy atom. The Balaban J connectivity index is 1.80. The van der Waals surface area contributed by atoms with E-state index in [4.69, 9.17) is 4.42 Å². The van der Waals surface area contributed by atoms with Crippen molar-refractivity contribution in [1.82, 2.24) is 13.9 Å². The Labute approximate surface area is 164 Å². The summed E-state index contributed by atoms with van der Waals surface area (Å²) in [4.78, 5) is 9.92. The third kappa shape index (κ3) is 2.65. The van der Waals surface area contributed by atoms with Crippen LogP contribution in [0.2, 0.25) is 0 Å². The average molecular weight is 407 g/mol. The minimum Gasteiger partial charge on any atom is -0.444 e. The van der Waals surface area contributed by atoms with E-state index in [9.17, 15) is 8.42 Å². The first-order valence-electron chi connectivity index (χ1n) is 8.40. The molecule has 4 heterocycles. The summed E-state index contributed by atoms with van der Waals surface area (Å²) in [5, 5.41) is 2.65. The number of oxazole rings is 1. The fourth-order valence-electron chi connectivity index (χ4n) is 3.07. The van der Waals surface area contributed by atoms with E-state index in [1.54, 1.807) is 47.9 Å². The average Bonchev–Trinajstić information content (AvgIpc) is 3.48. The Morgan fingerprint density at radius 2 is 1.89 bits per heavy atom. The predicted octanol–water partition coefficient (Wildman–Crippen LogP) is 4.66. The van der Waals surface area contributed by atoms with E-state index in [1.807, 2.05) is 23.6 Å². The van der Waals surface area contributed by atoms with Gasteiger partial charge in [-0.1, -0.05) is 24.3 Å². The molecule has 0 radical (unpaired) electrons. The number of thiophene rings is 1. The summed E-state index contributed by atoms with van der Waals surface area (Å²) in [6.07, 6.45) is 6.19. The van der Waals surface area contributed by atoms with Gasteiger partial charge < -0.3 is 4.42 Å². The van der Waals surface area contributed by atoms with Crippen molar-refractivity contribution in [1.29, 1.82) is 0 Å². The number of fused-ring (bicyclic) bond motifs is 1. The maximum absolute atomic E-state index is 13.2. The summed E-state index contributed by atoms with van der Waals surface area (Å²) in [7, 11) is -3.82. The Morgan fingerprint density at radius 1 is 1.04 bits per heavy atom. The van der Waals surface area contributed by atoms with Gasteiger partial charge in [0.15, 0.2) is 5.65 Å². The smallest absolute Gasteiger partial charge is 0.269 e. The molecule has 138 valence electrons. The van der Waals surface area contributed by atoms with Crippen molar-refractivity contribution in [2.24, 2.45) is 0 Å². The van der Waals surface area contributed by atoms with Crippen molar-refractivity contribution in [3.8, 4) is 21.9 Å². The topological polar surface area (TPSA) is 78.0 Å². The molecule has 8 heteroatoms. The van der Waals surface area contributed by atoms with Gasteiger partial charge >= 0.3 is 0 Å². The number of hydrogen-bond acceptors (Lipinski definition) is 6. The maximum Gasteiger partial charge on any atom is 0.269 e. The van der Waals surface area contributed by atoms with Crippen LogP contribution in [0.25, 0.3) is 32.9 Å². The lowest BCUT2D eigenvalue weighted by molar-refractivity contribution is 0.575. The van der Waals surface area contributed by atoms with Crippen molar-refractivity contribution < 1.29 is 12.8 Å². The molecule has 0 atom stereocenters. The van der Waals surface area contributed by atoms with Gasteiger partial charge in [-0.05, 0) is 29.6 Å². The van der Waals surface area contributed by atoms with Crippen molar-refractivity contribution in [3.05, 3.63) is 78.8 Å². The summed E-state index contributed by atoms with van der Waals surface area (Å²) in [5.74, 6) is 0.345. The zero-order valence-corrected chi connectivity index (χ0v) is 16.0. The van der Waals surface area contributed by atoms with Crippen LogP contribution in [0.3, 0.4) is 0 Å². The molecule has 0 bridgehead atoms. The van der Waals surface area contributed by atoms with Gasteiger partial charge in [-0.2, -0.15) is 0 Å². The molecule has 5 aromatic rings. The van der Waals surface area contributed by atoms with Crippen molar-refractivity contribution in [3.63, 3.8) is 0 Å². The van der Waals surface area contributed by atoms with E-state index in [2.05, 4.69) is 9.97 Å². The van der Waals surface area contributed by atoms with Crippen LogP contribution in [0.1, 0.15) is 0 Å². The first kappa shape index (κ1) is 16.9. The minimum absolute atomic E-state index is 0.190. The summed E-state index contributed by atoms with van der Waals surface area (Å²) >= 11 is 1.59. The second-order valence-electron chi connectivity index (χ2n) is 6.07. The molecule has 0 fully saturated rings. The molecule has 0 spiro atoms. The molecule has 0 aliphatic carbocycles. The second-order valence-corrected chi connectivity index (χ2v) is 8.83. The normalized spacial score (nSPS) is 11.9. The SMILES string of the molecule is O=S(=O)(c1ccccc1)n1cc(-c2ncco2)c2cc(-c3cccs3)cnc21. The van der Waals surface area contributed by atoms with Gasteiger partial charge in [-0.3, -0.25) is 0 Å². The molecule has 0 unspecified atom stereocenters. The molecule has 0 aliphatic rings. The summed E-state index contributed by atoms with van der Waals surface area (Å²) in [5.41, 5.74) is 1.81. The number of hydrogen-bond donors (Lipinski definition) is 0. The molecular formula is C20H13N3O3S2. The van der Waals surface area contributed by atoms with E-state index in [0.717, 1.165) is 10.4 Å². The van der Waals surface area contributed by atoms with Crippen LogP contribution in [0, 0.1) is 0 Å². The molecule has 6 nitrogen and oxygen atoms in total. The fraction of sp³-hybridized carbons (Fsp3) is 0. The number of rotatable bonds is 4. The van der Waals surface area contributed by atoms with E-state index >= 15 is 0 Å². The lowest BCUT2D eigenvalue weighted by Gasteiger charge is -2.07. The standard InChI is InChI=1S/C20H13N3O3S2/c24-28(25,15-5-2-1-3-6-15)23-13-17(20-21-8-9-26-20)16-11-14(12-22-19(16)23)18-7-4-10-27-18/h1-13H. The van der Waals surface area contributed by atoms with E-state index in [1.165, 1.54) is 22.6 Å². The number of benzene rings is 1. The lowest BCUT2D eigenvalue weighted by Crippen LogP contribution is -2.12. The molecule has 5 rings (SSSR count). The highest BCUT2D eigenvalue weighted by molar-refractivity contribution is 7.90. The van der Waals surface area contributed by atoms with Crippen LogP contribution in [-0.2, 0) is 10.0 Å². The quantitative estimate of drug-likeness (QED) is 0.433. The molecule has 0 saturated heterocycles. The molecule has 0 N–H and O–H groups in total. The maximum atomic E-state index is 13.2. The highest BCUT2D eigenvalue weighted by Gasteiger charge is 2.24. The zero-order chi connectivity index (χ0) is 19.1. The molecule has 1 aromatic carbocycles. The summed E-state index contributed by atoms with van der Waals surface area (Å²) in [6.45, 7) is 0. The first-order valence-corrected chi connectivity index (χ1v) is 10.7. The Bertz CT molecular complexity index is 1360. The number of pyridine rings is 1. The van der Waals surface area contributed by atoms with Gasteiger partial charge in [0.2, 0.25) is 5.89 Å². The highest BCUT2D eigenvalue weighted by atomic mass is 32.2. The van der Waals surface area contributed by atoms with Gasteiger partial charge in [0, 0.05) is 28.2 Å². The first-order chi connectivity index (χ1) is 13.6. The monoisotopic (exact) mass is 407 g/mol. The van der Waals surface area contributed by atoms with Crippen molar-refractivity contribution >= 4 is 32.4 Å². The molecule has 0 amide bonds. The zero-order valence-electron chi connectivity index (χ0n) is 14.4. The number of aromatic nitrogens is 3. The minimum atomic E-state index is -3.82. The largest absolute Gasteiger partial charge is 0.444 e. The van der Waals surface area contributed by atoms with Gasteiger partial charge in [0.05, 0.1) is 16.7 Å². The Hall–Kier alpha value is -3.23. The lowest BCUT2D eigenvalue weighted by atomic mass is 10.1. The number of nitrogens with zero attached hydrogens (tertiary/aromatic N) is 3. The van der Waals surface area contributed by atoms with Gasteiger partial charge in [-0.25, -0.2) is 22.4 Å². The molecule has 0 saturated carbocycles. The predicted molar refractivity (Wildman–Crippen MR) is 108 cm³/mol. The van der Waals surface area contributed by atoms with E-state index in [-0.39, 0.29) is 4.90 Å².